The summed E-state index contributed by atoms with van der Waals surface area (Å²) in [6.45, 7) is 12.2. The van der Waals surface area contributed by atoms with Crippen molar-refractivity contribution in [3.05, 3.63) is 0 Å². The van der Waals surface area contributed by atoms with Gasteiger partial charge in [0, 0.05) is 26.0 Å². The molecule has 1 aliphatic heterocycles. The Kier molecular flexibility index (Phi) is 17.2. The number of unbranched alkanes of at least 4 members (excludes halogenated alkanes) is 8. The smallest absolute Gasteiger partial charge is 0.226 e. The Morgan fingerprint density at radius 1 is 0.844 bits per heavy atom. The molecule has 1 N–H and O–H groups in total. The molecule has 0 spiro atoms. The lowest BCUT2D eigenvalue weighted by Crippen LogP contribution is -2.57. The van der Waals surface area contributed by atoms with Crippen LogP contribution in [-0.2, 0) is 9.53 Å². The fourth-order valence-corrected chi connectivity index (χ4v) is 4.83. The lowest BCUT2D eigenvalue weighted by molar-refractivity contribution is -0.937. The van der Waals surface area contributed by atoms with Crippen LogP contribution in [0.4, 0.5) is 0 Å². The Morgan fingerprint density at radius 3 is 2.12 bits per heavy atom. The molecule has 32 heavy (non-hydrogen) atoms. The minimum Gasteiger partial charge on any atom is -0.368 e. The number of quaternary nitrogens is 1. The molecule has 0 aromatic carbocycles. The van der Waals surface area contributed by atoms with Gasteiger partial charge in [-0.25, -0.2) is 0 Å². The van der Waals surface area contributed by atoms with Crippen LogP contribution in [0.5, 0.6) is 0 Å². The van der Waals surface area contributed by atoms with Crippen molar-refractivity contribution in [3.63, 3.8) is 0 Å². The van der Waals surface area contributed by atoms with Crippen molar-refractivity contribution < 1.29 is 19.1 Å². The third kappa shape index (κ3) is 13.2. The number of carbonyl (C=O) groups is 1. The Labute approximate surface area is 199 Å². The van der Waals surface area contributed by atoms with Crippen LogP contribution in [-0.4, -0.2) is 66.1 Å². The fraction of sp³-hybridized carbons (Fsp3) is 0.963. The van der Waals surface area contributed by atoms with E-state index in [2.05, 4.69) is 25.7 Å². The van der Waals surface area contributed by atoms with E-state index in [1.165, 1.54) is 51.4 Å². The summed E-state index contributed by atoms with van der Waals surface area (Å²) in [5.74, 6) is 0.328. The number of hydrogen-bond acceptors (Lipinski definition) is 3. The molecular weight excluding hydrogens is 400 g/mol. The maximum Gasteiger partial charge on any atom is 0.226 e. The van der Waals surface area contributed by atoms with Gasteiger partial charge in [0.2, 0.25) is 5.91 Å². The monoisotopic (exact) mass is 455 g/mol. The van der Waals surface area contributed by atoms with Gasteiger partial charge < -0.3 is 14.3 Å². The van der Waals surface area contributed by atoms with Gasteiger partial charge in [-0.1, -0.05) is 78.6 Å². The summed E-state index contributed by atoms with van der Waals surface area (Å²) in [6.07, 6.45) is 17.5. The van der Waals surface area contributed by atoms with Gasteiger partial charge >= 0.3 is 0 Å². The maximum atomic E-state index is 12.7. The van der Waals surface area contributed by atoms with Gasteiger partial charge in [0.1, 0.15) is 0 Å². The normalized spacial score (nSPS) is 16.4. The second-order valence-electron chi connectivity index (χ2n) is 10.1. The maximum absolute atomic E-state index is 12.7. The van der Waals surface area contributed by atoms with Crippen LogP contribution in [0.25, 0.3) is 0 Å². The molecule has 190 valence electrons. The van der Waals surface area contributed by atoms with E-state index in [1.807, 2.05) is 0 Å². The van der Waals surface area contributed by atoms with Crippen molar-refractivity contribution >= 4 is 5.91 Å². The number of aliphatic hydroxyl groups is 1. The molecule has 0 bridgehead atoms. The van der Waals surface area contributed by atoms with E-state index < -0.39 is 6.29 Å². The summed E-state index contributed by atoms with van der Waals surface area (Å²) in [4.78, 5) is 14.8. The minimum absolute atomic E-state index is 0.328. The van der Waals surface area contributed by atoms with Crippen LogP contribution in [0.2, 0.25) is 0 Å². The first kappa shape index (κ1) is 29.4. The van der Waals surface area contributed by atoms with Crippen LogP contribution in [0.1, 0.15) is 124 Å². The summed E-state index contributed by atoms with van der Waals surface area (Å²) >= 11 is 0. The molecule has 1 aliphatic rings. The number of rotatable bonds is 20. The minimum atomic E-state index is -0.685. The average molecular weight is 456 g/mol. The van der Waals surface area contributed by atoms with E-state index in [0.717, 1.165) is 75.9 Å². The zero-order chi connectivity index (χ0) is 23.5. The summed E-state index contributed by atoms with van der Waals surface area (Å²) < 4.78 is 6.69. The predicted molar refractivity (Wildman–Crippen MR) is 134 cm³/mol. The number of hydrogen-bond donors (Lipinski definition) is 1. The topological polar surface area (TPSA) is 49.8 Å². The van der Waals surface area contributed by atoms with Crippen LogP contribution >= 0.6 is 0 Å². The molecule has 1 heterocycles. The van der Waals surface area contributed by atoms with Gasteiger partial charge in [0.05, 0.1) is 19.6 Å². The van der Waals surface area contributed by atoms with Crippen LogP contribution in [0, 0.1) is 0 Å². The third-order valence-corrected chi connectivity index (χ3v) is 7.02. The predicted octanol–water partition coefficient (Wildman–Crippen LogP) is 6.24. The van der Waals surface area contributed by atoms with Gasteiger partial charge in [-0.15, -0.1) is 0 Å². The molecule has 0 aromatic heterocycles. The molecule has 0 aliphatic carbocycles. The summed E-state index contributed by atoms with van der Waals surface area (Å²) in [5.41, 5.74) is 0. The van der Waals surface area contributed by atoms with Crippen LogP contribution in [0.15, 0.2) is 0 Å². The zero-order valence-corrected chi connectivity index (χ0v) is 21.8. The van der Waals surface area contributed by atoms with E-state index in [-0.39, 0.29) is 0 Å². The number of likely N-dealkylation sites (tertiary alicyclic amines) is 1. The Balaban J connectivity index is 2.54. The highest BCUT2D eigenvalue weighted by Crippen LogP contribution is 2.20. The second-order valence-corrected chi connectivity index (χ2v) is 10.1. The van der Waals surface area contributed by atoms with Gasteiger partial charge in [0.25, 0.3) is 0 Å². The number of amides is 1. The van der Waals surface area contributed by atoms with E-state index in [4.69, 9.17) is 4.74 Å². The molecule has 0 aromatic rings. The quantitative estimate of drug-likeness (QED) is 0.134. The Hall–Kier alpha value is -0.650. The van der Waals surface area contributed by atoms with Crippen molar-refractivity contribution in [2.45, 2.75) is 130 Å². The number of carbonyl (C=O) groups excluding carboxylic acids is 1. The van der Waals surface area contributed by atoms with Crippen LogP contribution < -0.4 is 0 Å². The molecule has 5 nitrogen and oxygen atoms in total. The van der Waals surface area contributed by atoms with Crippen molar-refractivity contribution in [1.82, 2.24) is 4.90 Å². The lowest BCUT2D eigenvalue weighted by Gasteiger charge is -2.42. The standard InChI is InChI=1S/C27H55N2O3/c1-4-7-10-11-12-13-17-24-32-27(31)19-23-29(21-8-5-2,22-9-6-3)25-28-20-16-14-15-18-26(28)30/h27,31H,4-25H2,1-3H3/q+1. The van der Waals surface area contributed by atoms with E-state index in [1.54, 1.807) is 0 Å². The largest absolute Gasteiger partial charge is 0.368 e. The highest BCUT2D eigenvalue weighted by atomic mass is 16.6. The molecule has 1 atom stereocenters. The molecule has 0 saturated carbocycles. The van der Waals surface area contributed by atoms with Crippen LogP contribution in [0.3, 0.4) is 0 Å². The molecule has 1 unspecified atom stereocenters. The molecule has 5 heteroatoms. The molecule has 1 amide bonds. The molecule has 0 radical (unpaired) electrons. The van der Waals surface area contributed by atoms with Crippen molar-refractivity contribution in [3.8, 4) is 0 Å². The summed E-state index contributed by atoms with van der Waals surface area (Å²) in [7, 11) is 0. The molecule has 1 rings (SSSR count). The van der Waals surface area contributed by atoms with Gasteiger partial charge in [-0.2, -0.15) is 0 Å². The average Bonchev–Trinajstić information content (AvgIpc) is 3.00. The number of aliphatic hydroxyl groups excluding tert-OH is 1. The van der Waals surface area contributed by atoms with E-state index >= 15 is 0 Å². The number of ether oxygens (including phenoxy) is 1. The number of nitrogens with zero attached hydrogens (tertiary/aromatic N) is 2. The molecular formula is C27H55N2O3+. The van der Waals surface area contributed by atoms with E-state index in [0.29, 0.717) is 25.4 Å². The van der Waals surface area contributed by atoms with Gasteiger partial charge in [-0.3, -0.25) is 9.69 Å². The Bertz CT molecular complexity index is 450. The fourth-order valence-electron chi connectivity index (χ4n) is 4.83. The molecule has 1 saturated heterocycles. The first-order valence-corrected chi connectivity index (χ1v) is 14.0. The first-order chi connectivity index (χ1) is 15.6. The van der Waals surface area contributed by atoms with E-state index in [9.17, 15) is 9.90 Å². The van der Waals surface area contributed by atoms with Crippen molar-refractivity contribution in [2.75, 3.05) is 39.5 Å². The van der Waals surface area contributed by atoms with Gasteiger partial charge in [0.15, 0.2) is 13.0 Å². The SMILES string of the molecule is CCCCCCCCCOC(O)CC[N+](CCCC)(CCCC)CN1CCCCCC1=O. The lowest BCUT2D eigenvalue weighted by atomic mass is 10.1. The zero-order valence-electron chi connectivity index (χ0n) is 21.8. The Morgan fingerprint density at radius 2 is 1.47 bits per heavy atom. The summed E-state index contributed by atoms with van der Waals surface area (Å²) in [6, 6.07) is 0. The van der Waals surface area contributed by atoms with Gasteiger partial charge in [-0.05, 0) is 32.1 Å². The second kappa shape index (κ2) is 18.7. The van der Waals surface area contributed by atoms with Crippen molar-refractivity contribution in [1.29, 1.82) is 0 Å². The highest BCUT2D eigenvalue weighted by molar-refractivity contribution is 5.76. The highest BCUT2D eigenvalue weighted by Gasteiger charge is 2.32. The molecule has 1 fully saturated rings. The third-order valence-electron chi connectivity index (χ3n) is 7.02. The summed E-state index contributed by atoms with van der Waals surface area (Å²) in [5, 5.41) is 10.5. The first-order valence-electron chi connectivity index (χ1n) is 14.0. The van der Waals surface area contributed by atoms with Crippen molar-refractivity contribution in [2.24, 2.45) is 0 Å².